The zero-order valence-corrected chi connectivity index (χ0v) is 15.4. The fourth-order valence-electron chi connectivity index (χ4n) is 3.13. The minimum atomic E-state index is -0.226. The topological polar surface area (TPSA) is 76.8 Å². The zero-order chi connectivity index (χ0) is 18.6. The second kappa shape index (κ2) is 7.65. The van der Waals surface area contributed by atoms with Crippen molar-refractivity contribution in [2.45, 2.75) is 38.9 Å². The number of amides is 2. The van der Waals surface area contributed by atoms with E-state index in [1.165, 1.54) is 18.4 Å². The van der Waals surface area contributed by atoms with Gasteiger partial charge in [0.1, 0.15) is 0 Å². The Hall–Kier alpha value is -3.09. The molecule has 3 aromatic rings. The van der Waals surface area contributed by atoms with Crippen LogP contribution >= 0.6 is 0 Å². The van der Waals surface area contributed by atoms with E-state index in [1.54, 1.807) is 18.7 Å². The van der Waals surface area contributed by atoms with Gasteiger partial charge in [0, 0.05) is 31.7 Å². The summed E-state index contributed by atoms with van der Waals surface area (Å²) in [5.74, 6) is 0.725. The highest BCUT2D eigenvalue weighted by atomic mass is 16.2. The highest BCUT2D eigenvalue weighted by molar-refractivity contribution is 5.88. The van der Waals surface area contributed by atoms with Gasteiger partial charge in [-0.1, -0.05) is 24.3 Å². The molecule has 0 spiro atoms. The first-order chi connectivity index (χ1) is 13.2. The lowest BCUT2D eigenvalue weighted by Crippen LogP contribution is -2.28. The third kappa shape index (κ3) is 4.55. The van der Waals surface area contributed by atoms with Crippen LogP contribution < -0.4 is 10.6 Å². The van der Waals surface area contributed by atoms with Crippen molar-refractivity contribution in [1.29, 1.82) is 0 Å². The minimum absolute atomic E-state index is 0.226. The minimum Gasteiger partial charge on any atom is -0.334 e. The molecule has 7 nitrogen and oxygen atoms in total. The number of urea groups is 1. The van der Waals surface area contributed by atoms with E-state index in [1.807, 2.05) is 33.8 Å². The summed E-state index contributed by atoms with van der Waals surface area (Å²) in [5, 5.41) is 10.1. The molecule has 2 amide bonds. The molecular weight excluding hydrogens is 340 g/mol. The Morgan fingerprint density at radius 3 is 2.74 bits per heavy atom. The van der Waals surface area contributed by atoms with Gasteiger partial charge in [0.05, 0.1) is 24.3 Å². The average Bonchev–Trinajstić information content (AvgIpc) is 3.21. The van der Waals surface area contributed by atoms with Crippen LogP contribution in [0.1, 0.15) is 36.9 Å². The predicted octanol–water partition coefficient (Wildman–Crippen LogP) is 3.42. The quantitative estimate of drug-likeness (QED) is 0.674. The van der Waals surface area contributed by atoms with Crippen molar-refractivity contribution in [2.75, 3.05) is 5.32 Å². The maximum Gasteiger partial charge on any atom is 0.319 e. The molecular formula is C20H24N6O. The molecule has 1 saturated carbocycles. The summed E-state index contributed by atoms with van der Waals surface area (Å²) in [7, 11) is 0. The second-order valence-electron chi connectivity index (χ2n) is 7.15. The third-order valence-electron chi connectivity index (χ3n) is 4.98. The van der Waals surface area contributed by atoms with Crippen LogP contribution in [0, 0.1) is 5.92 Å². The van der Waals surface area contributed by atoms with Crippen molar-refractivity contribution in [2.24, 2.45) is 5.92 Å². The molecule has 1 aromatic carbocycles. The molecule has 1 aliphatic carbocycles. The highest BCUT2D eigenvalue weighted by Crippen LogP contribution is 2.39. The number of benzene rings is 1. The Bertz CT molecular complexity index is 880. The van der Waals surface area contributed by atoms with E-state index in [-0.39, 0.29) is 6.03 Å². The number of aromatic nitrogens is 4. The summed E-state index contributed by atoms with van der Waals surface area (Å²) < 4.78 is 3.96. The van der Waals surface area contributed by atoms with Gasteiger partial charge in [0.2, 0.25) is 0 Å². The Labute approximate surface area is 158 Å². The predicted molar refractivity (Wildman–Crippen MR) is 103 cm³/mol. The van der Waals surface area contributed by atoms with Gasteiger partial charge in [0.15, 0.2) is 0 Å². The van der Waals surface area contributed by atoms with Crippen LogP contribution in [0.4, 0.5) is 10.5 Å². The Morgan fingerprint density at radius 1 is 1.26 bits per heavy atom. The summed E-state index contributed by atoms with van der Waals surface area (Å²) in [6, 6.07) is 8.36. The van der Waals surface area contributed by atoms with E-state index >= 15 is 0 Å². The summed E-state index contributed by atoms with van der Waals surface area (Å²) in [4.78, 5) is 16.2. The molecule has 1 fully saturated rings. The van der Waals surface area contributed by atoms with Gasteiger partial charge in [-0.2, -0.15) is 5.10 Å². The monoisotopic (exact) mass is 364 g/mol. The van der Waals surface area contributed by atoms with Crippen molar-refractivity contribution in [3.8, 4) is 0 Å². The fourth-order valence-corrected chi connectivity index (χ4v) is 3.13. The van der Waals surface area contributed by atoms with E-state index in [9.17, 15) is 4.79 Å². The van der Waals surface area contributed by atoms with Crippen LogP contribution in [0.25, 0.3) is 0 Å². The van der Waals surface area contributed by atoms with E-state index in [4.69, 9.17) is 0 Å². The number of carbonyl (C=O) groups excluding carboxylic acids is 1. The molecule has 2 heterocycles. The van der Waals surface area contributed by atoms with E-state index in [0.717, 1.165) is 23.7 Å². The van der Waals surface area contributed by atoms with Crippen LogP contribution in [0.3, 0.4) is 0 Å². The highest BCUT2D eigenvalue weighted by Gasteiger charge is 2.29. The molecule has 0 radical (unpaired) electrons. The molecule has 4 rings (SSSR count). The number of hydrogen-bond acceptors (Lipinski definition) is 3. The summed E-state index contributed by atoms with van der Waals surface area (Å²) >= 11 is 0. The van der Waals surface area contributed by atoms with Crippen molar-refractivity contribution in [3.05, 3.63) is 66.5 Å². The number of carbonyl (C=O) groups is 1. The van der Waals surface area contributed by atoms with E-state index < -0.39 is 0 Å². The number of nitrogens with zero attached hydrogens (tertiary/aromatic N) is 4. The molecule has 1 atom stereocenters. The maximum absolute atomic E-state index is 12.1. The Balaban J connectivity index is 1.25. The van der Waals surface area contributed by atoms with E-state index in [0.29, 0.717) is 12.6 Å². The molecule has 1 unspecified atom stereocenters. The first kappa shape index (κ1) is 17.3. The van der Waals surface area contributed by atoms with Crippen LogP contribution in [0.15, 0.2) is 55.4 Å². The maximum atomic E-state index is 12.1. The number of hydrogen-bond donors (Lipinski definition) is 2. The van der Waals surface area contributed by atoms with Gasteiger partial charge in [-0.25, -0.2) is 9.78 Å². The van der Waals surface area contributed by atoms with Crippen LogP contribution in [0.2, 0.25) is 0 Å². The van der Waals surface area contributed by atoms with Gasteiger partial charge >= 0.3 is 6.03 Å². The molecule has 7 heteroatoms. The molecule has 140 valence electrons. The fraction of sp³-hybridized carbons (Fsp3) is 0.350. The second-order valence-corrected chi connectivity index (χ2v) is 7.15. The van der Waals surface area contributed by atoms with E-state index in [2.05, 4.69) is 39.8 Å². The first-order valence-corrected chi connectivity index (χ1v) is 9.30. The van der Waals surface area contributed by atoms with Crippen LogP contribution in [-0.2, 0) is 13.1 Å². The zero-order valence-electron chi connectivity index (χ0n) is 15.4. The molecule has 0 aliphatic heterocycles. The first-order valence-electron chi connectivity index (χ1n) is 9.30. The van der Waals surface area contributed by atoms with Gasteiger partial charge in [0.25, 0.3) is 0 Å². The number of imidazole rings is 1. The number of anilines is 1. The molecule has 0 bridgehead atoms. The Kier molecular flexibility index (Phi) is 4.91. The van der Waals surface area contributed by atoms with Gasteiger partial charge in [-0.3, -0.25) is 4.68 Å². The SMILES string of the molecule is CC(C1CC1)n1cc(NC(=O)NCc2ccc(Cn3ccnc3)cc2)cn1. The van der Waals surface area contributed by atoms with Gasteiger partial charge < -0.3 is 15.2 Å². The Morgan fingerprint density at radius 2 is 2.04 bits per heavy atom. The lowest BCUT2D eigenvalue weighted by molar-refractivity contribution is 0.251. The summed E-state index contributed by atoms with van der Waals surface area (Å²) in [6.45, 7) is 3.44. The van der Waals surface area contributed by atoms with Crippen LogP contribution in [-0.4, -0.2) is 25.4 Å². The smallest absolute Gasteiger partial charge is 0.319 e. The molecule has 0 saturated heterocycles. The number of nitrogens with one attached hydrogen (secondary N) is 2. The average molecular weight is 364 g/mol. The summed E-state index contributed by atoms with van der Waals surface area (Å²) in [5.41, 5.74) is 2.96. The van der Waals surface area contributed by atoms with Crippen molar-refractivity contribution in [3.63, 3.8) is 0 Å². The summed E-state index contributed by atoms with van der Waals surface area (Å²) in [6.07, 6.45) is 11.6. The lowest BCUT2D eigenvalue weighted by Gasteiger charge is -2.10. The normalized spacial score (nSPS) is 14.7. The lowest BCUT2D eigenvalue weighted by atomic mass is 10.1. The molecule has 2 N–H and O–H groups in total. The number of rotatable bonds is 7. The van der Waals surface area contributed by atoms with Gasteiger partial charge in [-0.05, 0) is 36.8 Å². The largest absolute Gasteiger partial charge is 0.334 e. The molecule has 27 heavy (non-hydrogen) atoms. The molecule has 1 aliphatic rings. The third-order valence-corrected chi connectivity index (χ3v) is 4.98. The van der Waals surface area contributed by atoms with Crippen molar-refractivity contribution in [1.82, 2.24) is 24.6 Å². The van der Waals surface area contributed by atoms with Gasteiger partial charge in [-0.15, -0.1) is 0 Å². The van der Waals surface area contributed by atoms with Crippen LogP contribution in [0.5, 0.6) is 0 Å². The standard InChI is InChI=1S/C20H24N6O/c1-15(18-6-7-18)26-13-19(11-23-26)24-20(27)22-10-16-2-4-17(5-3-16)12-25-9-8-21-14-25/h2-5,8-9,11,13-15,18H,6-7,10,12H2,1H3,(H2,22,24,27). The molecule has 2 aromatic heterocycles. The van der Waals surface area contributed by atoms with Crippen molar-refractivity contribution < 1.29 is 4.79 Å². The van der Waals surface area contributed by atoms with Crippen molar-refractivity contribution >= 4 is 11.7 Å².